The molecule has 0 saturated carbocycles. The number of hydrogen-bond acceptors (Lipinski definition) is 7. The number of non-ortho nitro benzene ring substituents is 1. The van der Waals surface area contributed by atoms with Gasteiger partial charge in [0.15, 0.2) is 5.82 Å². The van der Waals surface area contributed by atoms with Crippen LogP contribution >= 0.6 is 0 Å². The van der Waals surface area contributed by atoms with Crippen LogP contribution in [0.4, 0.5) is 17.3 Å². The summed E-state index contributed by atoms with van der Waals surface area (Å²) in [5.74, 6) is 0.551. The molecule has 1 aliphatic rings. The van der Waals surface area contributed by atoms with E-state index in [0.29, 0.717) is 17.3 Å². The first-order chi connectivity index (χ1) is 14.4. The normalized spacial score (nSPS) is 14.7. The predicted molar refractivity (Wildman–Crippen MR) is 106 cm³/mol. The van der Waals surface area contributed by atoms with Crippen LogP contribution in [-0.2, 0) is 9.59 Å². The Bertz CT molecular complexity index is 1120. The summed E-state index contributed by atoms with van der Waals surface area (Å²) in [5.41, 5.74) is 1.05. The maximum Gasteiger partial charge on any atom is 0.269 e. The van der Waals surface area contributed by atoms with Gasteiger partial charge in [-0.3, -0.25) is 25.0 Å². The summed E-state index contributed by atoms with van der Waals surface area (Å²) >= 11 is 0. The van der Waals surface area contributed by atoms with Gasteiger partial charge in [-0.15, -0.1) is 5.10 Å². The quantitative estimate of drug-likeness (QED) is 0.471. The maximum atomic E-state index is 12.4. The number of fused-ring (bicyclic) bond motifs is 1. The number of benzene rings is 2. The van der Waals surface area contributed by atoms with Crippen molar-refractivity contribution in [1.82, 2.24) is 14.8 Å². The Morgan fingerprint density at radius 1 is 1.23 bits per heavy atom. The highest BCUT2D eigenvalue weighted by Crippen LogP contribution is 2.29. The van der Waals surface area contributed by atoms with Crippen molar-refractivity contribution in [3.8, 4) is 17.1 Å². The average molecular weight is 408 g/mol. The van der Waals surface area contributed by atoms with Gasteiger partial charge in [0, 0.05) is 23.4 Å². The summed E-state index contributed by atoms with van der Waals surface area (Å²) in [7, 11) is 1.57. The van der Waals surface area contributed by atoms with E-state index in [9.17, 15) is 19.7 Å². The lowest BCUT2D eigenvalue weighted by atomic mass is 10.2. The van der Waals surface area contributed by atoms with Crippen LogP contribution in [0.25, 0.3) is 11.4 Å². The summed E-state index contributed by atoms with van der Waals surface area (Å²) in [5, 5.41) is 20.3. The number of nitro benzene ring substituents is 1. The minimum Gasteiger partial charge on any atom is -0.497 e. The third kappa shape index (κ3) is 3.68. The molecule has 4 rings (SSSR count). The van der Waals surface area contributed by atoms with Gasteiger partial charge in [0.1, 0.15) is 11.8 Å². The Balaban J connectivity index is 1.47. The fourth-order valence-corrected chi connectivity index (χ4v) is 3.03. The molecule has 2 aromatic carbocycles. The zero-order chi connectivity index (χ0) is 21.3. The number of carbonyl (C=O) groups excluding carboxylic acids is 2. The zero-order valence-corrected chi connectivity index (χ0v) is 15.7. The van der Waals surface area contributed by atoms with Gasteiger partial charge in [0.2, 0.25) is 11.9 Å². The highest BCUT2D eigenvalue weighted by atomic mass is 16.6. The molecule has 0 bridgehead atoms. The van der Waals surface area contributed by atoms with Crippen LogP contribution in [0.5, 0.6) is 5.75 Å². The van der Waals surface area contributed by atoms with Gasteiger partial charge in [-0.05, 0) is 36.4 Å². The van der Waals surface area contributed by atoms with Gasteiger partial charge in [-0.1, -0.05) is 0 Å². The first-order valence-electron chi connectivity index (χ1n) is 8.91. The smallest absolute Gasteiger partial charge is 0.269 e. The molecule has 2 amide bonds. The monoisotopic (exact) mass is 408 g/mol. The molecular weight excluding hydrogens is 392 g/mol. The number of nitrogens with one attached hydrogen (secondary N) is 2. The third-order valence-corrected chi connectivity index (χ3v) is 4.55. The number of hydrogen-bond donors (Lipinski definition) is 2. The molecule has 1 atom stereocenters. The highest BCUT2D eigenvalue weighted by Gasteiger charge is 2.35. The van der Waals surface area contributed by atoms with Crippen LogP contribution in [-0.4, -0.2) is 38.6 Å². The van der Waals surface area contributed by atoms with Gasteiger partial charge in [0.25, 0.3) is 11.6 Å². The van der Waals surface area contributed by atoms with E-state index in [0.717, 1.165) is 5.56 Å². The molecule has 0 aliphatic carbocycles. The Hall–Kier alpha value is -4.28. The third-order valence-electron chi connectivity index (χ3n) is 4.55. The van der Waals surface area contributed by atoms with Crippen molar-refractivity contribution in [1.29, 1.82) is 0 Å². The summed E-state index contributed by atoms with van der Waals surface area (Å²) < 4.78 is 6.51. The minimum absolute atomic E-state index is 0.0820. The van der Waals surface area contributed by atoms with Gasteiger partial charge < -0.3 is 10.1 Å². The number of amides is 2. The van der Waals surface area contributed by atoms with Crippen molar-refractivity contribution in [2.75, 3.05) is 17.7 Å². The molecule has 1 aliphatic heterocycles. The van der Waals surface area contributed by atoms with E-state index in [1.54, 1.807) is 31.4 Å². The molecular formula is C19H16N6O5. The molecule has 152 valence electrons. The molecule has 0 saturated heterocycles. The van der Waals surface area contributed by atoms with Crippen molar-refractivity contribution in [2.45, 2.75) is 12.5 Å². The Kier molecular flexibility index (Phi) is 4.84. The summed E-state index contributed by atoms with van der Waals surface area (Å²) in [6.45, 7) is 0. The number of ether oxygens (including phenoxy) is 1. The van der Waals surface area contributed by atoms with E-state index in [4.69, 9.17) is 4.74 Å². The molecule has 30 heavy (non-hydrogen) atoms. The number of carbonyl (C=O) groups is 2. The first-order valence-corrected chi connectivity index (χ1v) is 8.91. The van der Waals surface area contributed by atoms with Gasteiger partial charge in [-0.2, -0.15) is 4.98 Å². The molecule has 0 spiro atoms. The van der Waals surface area contributed by atoms with Crippen molar-refractivity contribution in [3.63, 3.8) is 0 Å². The molecule has 2 N–H and O–H groups in total. The predicted octanol–water partition coefficient (Wildman–Crippen LogP) is 2.38. The van der Waals surface area contributed by atoms with Crippen LogP contribution in [0.2, 0.25) is 0 Å². The standard InChI is InChI=1S/C19H16N6O5/c1-30-14-8-2-11(3-9-14)17-21-19-22-18(27)15(24(19)23-17)10-16(26)20-12-4-6-13(7-5-12)25(28)29/h2-9,15H,10H2,1H3,(H,20,26)(H,21,22,23,27)/t15-/m1/s1. The van der Waals surface area contributed by atoms with Gasteiger partial charge in [-0.25, -0.2) is 4.68 Å². The largest absolute Gasteiger partial charge is 0.497 e. The van der Waals surface area contributed by atoms with E-state index in [1.165, 1.54) is 28.9 Å². The molecule has 1 aromatic heterocycles. The second-order valence-corrected chi connectivity index (χ2v) is 6.49. The number of aromatic nitrogens is 3. The van der Waals surface area contributed by atoms with Crippen LogP contribution < -0.4 is 15.4 Å². The van der Waals surface area contributed by atoms with Crippen molar-refractivity contribution >= 4 is 29.1 Å². The number of nitrogens with zero attached hydrogens (tertiary/aromatic N) is 4. The highest BCUT2D eigenvalue weighted by molar-refractivity contribution is 6.01. The minimum atomic E-state index is -0.849. The van der Waals surface area contributed by atoms with Crippen molar-refractivity contribution in [3.05, 3.63) is 58.6 Å². The van der Waals surface area contributed by atoms with E-state index >= 15 is 0 Å². The lowest BCUT2D eigenvalue weighted by molar-refractivity contribution is -0.384. The van der Waals surface area contributed by atoms with Crippen molar-refractivity contribution in [2.24, 2.45) is 0 Å². The average Bonchev–Trinajstić information content (AvgIpc) is 3.27. The van der Waals surface area contributed by atoms with E-state index in [-0.39, 0.29) is 24.0 Å². The van der Waals surface area contributed by atoms with E-state index < -0.39 is 16.9 Å². The lowest BCUT2D eigenvalue weighted by Crippen LogP contribution is -2.23. The first kappa shape index (κ1) is 19.1. The fraction of sp³-hybridized carbons (Fsp3) is 0.158. The molecule has 0 fully saturated rings. The second kappa shape index (κ2) is 7.62. The lowest BCUT2D eigenvalue weighted by Gasteiger charge is -2.10. The summed E-state index contributed by atoms with van der Waals surface area (Å²) in [6, 6.07) is 11.7. The SMILES string of the molecule is COc1ccc(-c2nc3n(n2)[C@H](CC(=O)Nc2ccc([N+](=O)[O-])cc2)C(=O)N3)cc1. The van der Waals surface area contributed by atoms with Crippen LogP contribution in [0, 0.1) is 10.1 Å². The Morgan fingerprint density at radius 3 is 2.57 bits per heavy atom. The molecule has 11 heteroatoms. The van der Waals surface area contributed by atoms with Crippen LogP contribution in [0.1, 0.15) is 12.5 Å². The maximum absolute atomic E-state index is 12.4. The number of rotatable bonds is 6. The van der Waals surface area contributed by atoms with Gasteiger partial charge >= 0.3 is 0 Å². The van der Waals surface area contributed by atoms with E-state index in [1.807, 2.05) is 0 Å². The molecule has 3 aromatic rings. The van der Waals surface area contributed by atoms with Crippen LogP contribution in [0.15, 0.2) is 48.5 Å². The number of methoxy groups -OCH3 is 1. The summed E-state index contributed by atoms with van der Waals surface area (Å²) in [6.07, 6.45) is -0.165. The molecule has 2 heterocycles. The zero-order valence-electron chi connectivity index (χ0n) is 15.7. The molecule has 11 nitrogen and oxygen atoms in total. The molecule has 0 unspecified atom stereocenters. The van der Waals surface area contributed by atoms with Gasteiger partial charge in [0.05, 0.1) is 18.5 Å². The van der Waals surface area contributed by atoms with Crippen LogP contribution in [0.3, 0.4) is 0 Å². The fourth-order valence-electron chi connectivity index (χ4n) is 3.03. The Labute approximate surface area is 169 Å². The Morgan fingerprint density at radius 2 is 1.93 bits per heavy atom. The molecule has 0 radical (unpaired) electrons. The van der Waals surface area contributed by atoms with E-state index in [2.05, 4.69) is 20.7 Å². The second-order valence-electron chi connectivity index (χ2n) is 6.49. The summed E-state index contributed by atoms with van der Waals surface area (Å²) in [4.78, 5) is 39.1. The number of nitro groups is 1. The topological polar surface area (TPSA) is 141 Å². The number of anilines is 2. The van der Waals surface area contributed by atoms with Crippen molar-refractivity contribution < 1.29 is 19.2 Å².